The number of carbonyl (C=O) groups is 1. The second kappa shape index (κ2) is 7.04. The summed E-state index contributed by atoms with van der Waals surface area (Å²) in [5.41, 5.74) is 2.96. The quantitative estimate of drug-likeness (QED) is 0.756. The molecule has 118 valence electrons. The maximum Gasteiger partial charge on any atom is 0.264 e. The first kappa shape index (κ1) is 17.7. The van der Waals surface area contributed by atoms with Gasteiger partial charge in [0.05, 0.1) is 12.9 Å². The van der Waals surface area contributed by atoms with E-state index < -0.39 is 10.1 Å². The van der Waals surface area contributed by atoms with Gasteiger partial charge in [0.2, 0.25) is 0 Å². The van der Waals surface area contributed by atoms with Crippen molar-refractivity contribution in [3.63, 3.8) is 0 Å². The summed E-state index contributed by atoms with van der Waals surface area (Å²) in [6.07, 6.45) is 1.00. The molecule has 0 aliphatic carbocycles. The van der Waals surface area contributed by atoms with Crippen molar-refractivity contribution in [1.29, 1.82) is 0 Å². The highest BCUT2D eigenvalue weighted by molar-refractivity contribution is 7.85. The van der Waals surface area contributed by atoms with E-state index in [2.05, 4.69) is 0 Å². The minimum absolute atomic E-state index is 0.0982. The molecule has 1 aromatic rings. The summed E-state index contributed by atoms with van der Waals surface area (Å²) in [4.78, 5) is 14.3. The molecule has 0 aliphatic rings. The number of hydrogen-bond acceptors (Lipinski definition) is 4. The molecule has 21 heavy (non-hydrogen) atoms. The Balaban J connectivity index is 3.26. The first-order chi connectivity index (χ1) is 9.69. The van der Waals surface area contributed by atoms with Crippen LogP contribution in [0.4, 0.5) is 0 Å². The summed E-state index contributed by atoms with van der Waals surface area (Å²) in [5.74, 6) is -0.0982. The normalized spacial score (nSPS) is 11.5. The third-order valence-electron chi connectivity index (χ3n) is 3.32. The van der Waals surface area contributed by atoms with E-state index in [4.69, 9.17) is 4.18 Å². The van der Waals surface area contributed by atoms with Gasteiger partial charge in [-0.1, -0.05) is 11.6 Å². The lowest BCUT2D eigenvalue weighted by Crippen LogP contribution is -2.31. The summed E-state index contributed by atoms with van der Waals surface area (Å²) in [7, 11) is -3.55. The average molecular weight is 313 g/mol. The van der Waals surface area contributed by atoms with Crippen LogP contribution in [0.2, 0.25) is 0 Å². The van der Waals surface area contributed by atoms with Crippen LogP contribution >= 0.6 is 0 Å². The van der Waals surface area contributed by atoms with Crippen LogP contribution in [0.5, 0.6) is 0 Å². The molecule has 0 heterocycles. The third kappa shape index (κ3) is 4.82. The van der Waals surface area contributed by atoms with E-state index in [1.807, 2.05) is 33.8 Å². The first-order valence-corrected chi connectivity index (χ1v) is 8.75. The van der Waals surface area contributed by atoms with Crippen molar-refractivity contribution in [1.82, 2.24) is 4.90 Å². The highest BCUT2D eigenvalue weighted by Gasteiger charge is 2.19. The zero-order valence-electron chi connectivity index (χ0n) is 13.3. The van der Waals surface area contributed by atoms with Crippen LogP contribution in [0.3, 0.4) is 0 Å². The van der Waals surface area contributed by atoms with Crippen LogP contribution in [0.1, 0.15) is 40.9 Å². The van der Waals surface area contributed by atoms with Gasteiger partial charge in [-0.2, -0.15) is 8.42 Å². The number of hydrogen-bond donors (Lipinski definition) is 0. The van der Waals surface area contributed by atoms with Crippen molar-refractivity contribution in [2.75, 3.05) is 19.3 Å². The molecule has 0 saturated carbocycles. The molecule has 5 nitrogen and oxygen atoms in total. The molecule has 6 heteroatoms. The van der Waals surface area contributed by atoms with Gasteiger partial charge in [0.15, 0.2) is 0 Å². The highest BCUT2D eigenvalue weighted by atomic mass is 32.2. The average Bonchev–Trinajstić information content (AvgIpc) is 2.36. The molecule has 0 unspecified atom stereocenters. The van der Waals surface area contributed by atoms with Gasteiger partial charge in [0.1, 0.15) is 0 Å². The number of rotatable bonds is 6. The molecular formula is C15H23NO4S. The second-order valence-corrected chi connectivity index (χ2v) is 6.70. The number of nitrogens with zero attached hydrogens (tertiary/aromatic N) is 1. The molecule has 1 aromatic carbocycles. The lowest BCUT2D eigenvalue weighted by Gasteiger charge is -2.21. The molecule has 0 aliphatic heterocycles. The van der Waals surface area contributed by atoms with Crippen LogP contribution in [-0.4, -0.2) is 38.6 Å². The fourth-order valence-corrected chi connectivity index (χ4v) is 2.56. The van der Waals surface area contributed by atoms with Crippen LogP contribution in [0.15, 0.2) is 12.1 Å². The maximum absolute atomic E-state index is 12.6. The van der Waals surface area contributed by atoms with Crippen LogP contribution < -0.4 is 0 Å². The first-order valence-electron chi connectivity index (χ1n) is 6.93. The van der Waals surface area contributed by atoms with Gasteiger partial charge in [-0.15, -0.1) is 0 Å². The van der Waals surface area contributed by atoms with Crippen LogP contribution in [-0.2, 0) is 20.9 Å². The predicted molar refractivity (Wildman–Crippen MR) is 82.8 cm³/mol. The monoisotopic (exact) mass is 313 g/mol. The lowest BCUT2D eigenvalue weighted by molar-refractivity contribution is 0.0770. The van der Waals surface area contributed by atoms with Crippen LogP contribution in [0, 0.1) is 13.8 Å². The Morgan fingerprint density at radius 1 is 1.19 bits per heavy atom. The van der Waals surface area contributed by atoms with E-state index in [-0.39, 0.29) is 12.5 Å². The molecular weight excluding hydrogens is 290 g/mol. The zero-order chi connectivity index (χ0) is 16.2. The van der Waals surface area contributed by atoms with Gasteiger partial charge in [-0.05, 0) is 44.9 Å². The van der Waals surface area contributed by atoms with E-state index >= 15 is 0 Å². The summed E-state index contributed by atoms with van der Waals surface area (Å²) in [6, 6.07) is 3.70. The Kier molecular flexibility index (Phi) is 5.92. The molecule has 0 aromatic heterocycles. The number of aryl methyl sites for hydroxylation is 2. The van der Waals surface area contributed by atoms with Gasteiger partial charge >= 0.3 is 0 Å². The minimum Gasteiger partial charge on any atom is -0.339 e. The van der Waals surface area contributed by atoms with Crippen molar-refractivity contribution < 1.29 is 17.4 Å². The Bertz CT molecular complexity index is 619. The van der Waals surface area contributed by atoms with Crippen molar-refractivity contribution in [2.45, 2.75) is 34.3 Å². The Morgan fingerprint density at radius 3 is 2.24 bits per heavy atom. The molecule has 0 atom stereocenters. The number of benzene rings is 1. The third-order valence-corrected chi connectivity index (χ3v) is 3.86. The van der Waals surface area contributed by atoms with E-state index in [0.717, 1.165) is 17.4 Å². The van der Waals surface area contributed by atoms with Gasteiger partial charge < -0.3 is 4.90 Å². The van der Waals surface area contributed by atoms with Gasteiger partial charge in [-0.3, -0.25) is 8.98 Å². The fraction of sp³-hybridized carbons (Fsp3) is 0.533. The summed E-state index contributed by atoms with van der Waals surface area (Å²) < 4.78 is 27.3. The van der Waals surface area contributed by atoms with E-state index in [9.17, 15) is 13.2 Å². The minimum atomic E-state index is -3.55. The van der Waals surface area contributed by atoms with Gasteiger partial charge in [0.25, 0.3) is 16.0 Å². The molecule has 0 saturated heterocycles. The molecule has 1 amide bonds. The second-order valence-electron chi connectivity index (χ2n) is 5.05. The smallest absolute Gasteiger partial charge is 0.264 e. The fourth-order valence-electron chi connectivity index (χ4n) is 2.23. The molecule has 0 N–H and O–H groups in total. The molecule has 0 spiro atoms. The molecule has 0 fully saturated rings. The lowest BCUT2D eigenvalue weighted by atomic mass is 9.98. The summed E-state index contributed by atoms with van der Waals surface area (Å²) in [5, 5.41) is 0. The van der Waals surface area contributed by atoms with Crippen LogP contribution in [0.25, 0.3) is 0 Å². The van der Waals surface area contributed by atoms with E-state index in [1.165, 1.54) is 0 Å². The standard InChI is InChI=1S/C15H23NO4S/c1-6-16(7-2)15(17)13-9-11(3)8-12(4)14(13)10-20-21(5,18)19/h8-9H,6-7,10H2,1-5H3. The van der Waals surface area contributed by atoms with Crippen molar-refractivity contribution in [2.24, 2.45) is 0 Å². The predicted octanol–water partition coefficient (Wildman–Crippen LogP) is 2.26. The van der Waals surface area contributed by atoms with Gasteiger partial charge in [0, 0.05) is 18.7 Å². The van der Waals surface area contributed by atoms with Gasteiger partial charge in [-0.25, -0.2) is 0 Å². The van der Waals surface area contributed by atoms with Crippen molar-refractivity contribution in [3.05, 3.63) is 34.4 Å². The Labute approximate surface area is 127 Å². The maximum atomic E-state index is 12.6. The SMILES string of the molecule is CCN(CC)C(=O)c1cc(C)cc(C)c1COS(C)(=O)=O. The van der Waals surface area contributed by atoms with E-state index in [1.54, 1.807) is 11.0 Å². The van der Waals surface area contributed by atoms with E-state index in [0.29, 0.717) is 24.2 Å². The molecule has 1 rings (SSSR count). The highest BCUT2D eigenvalue weighted by Crippen LogP contribution is 2.20. The topological polar surface area (TPSA) is 63.7 Å². The van der Waals surface area contributed by atoms with Crippen molar-refractivity contribution in [3.8, 4) is 0 Å². The largest absolute Gasteiger partial charge is 0.339 e. The summed E-state index contributed by atoms with van der Waals surface area (Å²) in [6.45, 7) is 8.68. The Morgan fingerprint density at radius 2 is 1.76 bits per heavy atom. The number of carbonyl (C=O) groups excluding carboxylic acids is 1. The molecule has 0 radical (unpaired) electrons. The summed E-state index contributed by atoms with van der Waals surface area (Å²) >= 11 is 0. The Hall–Kier alpha value is -1.40. The molecule has 0 bridgehead atoms. The van der Waals surface area contributed by atoms with Crippen molar-refractivity contribution >= 4 is 16.0 Å². The number of amides is 1. The zero-order valence-corrected chi connectivity index (χ0v) is 14.1.